The zero-order chi connectivity index (χ0) is 36.3. The van der Waals surface area contributed by atoms with Crippen molar-refractivity contribution in [1.82, 2.24) is 14.5 Å². The molecule has 9 aromatic carbocycles. The summed E-state index contributed by atoms with van der Waals surface area (Å²) in [5.74, 6) is 0.710. The van der Waals surface area contributed by atoms with Crippen molar-refractivity contribution in [2.24, 2.45) is 0 Å². The van der Waals surface area contributed by atoms with Gasteiger partial charge in [-0.1, -0.05) is 158 Å². The normalized spacial score (nSPS) is 11.6. The van der Waals surface area contributed by atoms with Crippen LogP contribution in [0.5, 0.6) is 0 Å². The van der Waals surface area contributed by atoms with E-state index in [1.165, 1.54) is 54.5 Å². The highest BCUT2D eigenvalue weighted by Crippen LogP contribution is 2.39. The number of fused-ring (bicyclic) bond motifs is 6. The summed E-state index contributed by atoms with van der Waals surface area (Å²) >= 11 is 0. The van der Waals surface area contributed by atoms with Gasteiger partial charge in [0.05, 0.1) is 22.2 Å². The van der Waals surface area contributed by atoms with Gasteiger partial charge in [0.1, 0.15) is 0 Å². The highest BCUT2D eigenvalue weighted by molar-refractivity contribution is 6.13. The smallest absolute Gasteiger partial charge is 0.160 e. The maximum atomic E-state index is 5.30. The predicted molar refractivity (Wildman–Crippen MR) is 231 cm³/mol. The molecule has 0 aliphatic rings. The van der Waals surface area contributed by atoms with E-state index < -0.39 is 0 Å². The zero-order valence-electron chi connectivity index (χ0n) is 29.9. The molecule has 11 rings (SSSR count). The Morgan fingerprint density at radius 1 is 0.327 bits per heavy atom. The Labute approximate surface area is 318 Å². The molecule has 3 nitrogen and oxygen atoms in total. The third-order valence-corrected chi connectivity index (χ3v) is 11.0. The number of hydrogen-bond acceptors (Lipinski definition) is 2. The topological polar surface area (TPSA) is 30.7 Å². The molecule has 0 saturated carbocycles. The summed E-state index contributed by atoms with van der Waals surface area (Å²) in [5.41, 5.74) is 12.1. The first-order valence-corrected chi connectivity index (χ1v) is 18.7. The first-order chi connectivity index (χ1) is 27.3. The van der Waals surface area contributed by atoms with Gasteiger partial charge in [-0.3, -0.25) is 0 Å². The van der Waals surface area contributed by atoms with Crippen LogP contribution in [0.3, 0.4) is 0 Å². The van der Waals surface area contributed by atoms with E-state index in [-0.39, 0.29) is 0 Å². The molecule has 0 amide bonds. The molecule has 2 heterocycles. The first kappa shape index (κ1) is 31.2. The maximum Gasteiger partial charge on any atom is 0.160 e. The van der Waals surface area contributed by atoms with Gasteiger partial charge < -0.3 is 4.57 Å². The Morgan fingerprint density at radius 3 is 1.64 bits per heavy atom. The third-order valence-electron chi connectivity index (χ3n) is 11.0. The summed E-state index contributed by atoms with van der Waals surface area (Å²) < 4.78 is 2.37. The Morgan fingerprint density at radius 2 is 0.891 bits per heavy atom. The van der Waals surface area contributed by atoms with Crippen molar-refractivity contribution in [1.29, 1.82) is 0 Å². The molecule has 0 fully saturated rings. The van der Waals surface area contributed by atoms with Gasteiger partial charge in [0.2, 0.25) is 0 Å². The van der Waals surface area contributed by atoms with Crippen LogP contribution in [0, 0.1) is 0 Å². The molecule has 55 heavy (non-hydrogen) atoms. The highest BCUT2D eigenvalue weighted by Gasteiger charge is 2.17. The lowest BCUT2D eigenvalue weighted by Gasteiger charge is -2.14. The molecule has 0 atom stereocenters. The molecular formula is C52H33N3. The molecule has 0 spiro atoms. The molecule has 0 saturated heterocycles. The second-order valence-corrected chi connectivity index (χ2v) is 14.2. The zero-order valence-corrected chi connectivity index (χ0v) is 29.9. The van der Waals surface area contributed by atoms with E-state index in [9.17, 15) is 0 Å². The SMILES string of the molecule is c1ccc(-c2nc(-c3ccc(-c4c5ccccc5cc5ccccc45)cc3)nc3ccc(-c4ccc5c6ccccc6n(-c6ccccc6)c5c4)cc23)cc1. The lowest BCUT2D eigenvalue weighted by molar-refractivity contribution is 1.18. The Bertz CT molecular complexity index is 3180. The van der Waals surface area contributed by atoms with Crippen molar-refractivity contribution in [3.63, 3.8) is 0 Å². The number of nitrogens with zero attached hydrogens (tertiary/aromatic N) is 3. The van der Waals surface area contributed by atoms with Crippen molar-refractivity contribution in [2.75, 3.05) is 0 Å². The number of para-hydroxylation sites is 2. The van der Waals surface area contributed by atoms with Gasteiger partial charge in [-0.25, -0.2) is 9.97 Å². The van der Waals surface area contributed by atoms with Gasteiger partial charge in [-0.05, 0) is 86.3 Å². The summed E-state index contributed by atoms with van der Waals surface area (Å²) in [4.78, 5) is 10.5. The van der Waals surface area contributed by atoms with Crippen molar-refractivity contribution in [3.8, 4) is 50.6 Å². The first-order valence-electron chi connectivity index (χ1n) is 18.7. The number of benzene rings is 9. The van der Waals surface area contributed by atoms with Crippen LogP contribution < -0.4 is 0 Å². The Kier molecular flexibility index (Phi) is 7.17. The minimum atomic E-state index is 0.710. The molecular weight excluding hydrogens is 667 g/mol. The number of aromatic nitrogens is 3. The van der Waals surface area contributed by atoms with Crippen LogP contribution in [0.15, 0.2) is 200 Å². The number of rotatable bonds is 5. The fourth-order valence-electron chi connectivity index (χ4n) is 8.37. The van der Waals surface area contributed by atoms with E-state index in [4.69, 9.17) is 9.97 Å². The van der Waals surface area contributed by atoms with Gasteiger partial charge in [0, 0.05) is 33.0 Å². The fraction of sp³-hybridized carbons (Fsp3) is 0. The second-order valence-electron chi connectivity index (χ2n) is 14.2. The van der Waals surface area contributed by atoms with E-state index in [1.807, 2.05) is 0 Å². The van der Waals surface area contributed by atoms with Crippen molar-refractivity contribution < 1.29 is 0 Å². The van der Waals surface area contributed by atoms with Gasteiger partial charge in [0.25, 0.3) is 0 Å². The molecule has 0 radical (unpaired) electrons. The average molecular weight is 700 g/mol. The highest BCUT2D eigenvalue weighted by atomic mass is 15.0. The molecule has 0 unspecified atom stereocenters. The molecule has 2 aromatic heterocycles. The van der Waals surface area contributed by atoms with Crippen LogP contribution in [-0.2, 0) is 0 Å². The van der Waals surface area contributed by atoms with E-state index in [2.05, 4.69) is 205 Å². The van der Waals surface area contributed by atoms with E-state index in [0.717, 1.165) is 44.5 Å². The summed E-state index contributed by atoms with van der Waals surface area (Å²) in [6.45, 7) is 0. The quantitative estimate of drug-likeness (QED) is 0.167. The summed E-state index contributed by atoms with van der Waals surface area (Å²) in [5, 5.41) is 8.48. The molecule has 0 bridgehead atoms. The Hall–Kier alpha value is -7.36. The van der Waals surface area contributed by atoms with Crippen molar-refractivity contribution in [3.05, 3.63) is 200 Å². The standard InChI is InChI=1S/C52H33N3/c1-3-13-35(14-4-1)51-46-32-37(38-27-29-45-44-21-11-12-22-48(44)55(49(45)33-38)41-17-5-2-6-18-41)28-30-47(46)53-52(54-51)36-25-23-34(24-26-36)50-42-19-9-7-15-39(42)31-40-16-8-10-20-43(40)50/h1-33H. The van der Waals surface area contributed by atoms with Gasteiger partial charge in [0.15, 0.2) is 5.82 Å². The van der Waals surface area contributed by atoms with Crippen molar-refractivity contribution >= 4 is 54.3 Å². The van der Waals surface area contributed by atoms with Crippen LogP contribution in [0.25, 0.3) is 105 Å². The van der Waals surface area contributed by atoms with Crippen LogP contribution in [0.1, 0.15) is 0 Å². The Balaban J connectivity index is 1.05. The molecule has 0 aliphatic carbocycles. The minimum Gasteiger partial charge on any atom is -0.309 e. The molecule has 3 heteroatoms. The van der Waals surface area contributed by atoms with Crippen LogP contribution in [0.4, 0.5) is 0 Å². The monoisotopic (exact) mass is 699 g/mol. The van der Waals surface area contributed by atoms with E-state index >= 15 is 0 Å². The summed E-state index contributed by atoms with van der Waals surface area (Å²) in [6.07, 6.45) is 0. The van der Waals surface area contributed by atoms with Gasteiger partial charge in [-0.15, -0.1) is 0 Å². The lowest BCUT2D eigenvalue weighted by Crippen LogP contribution is -1.96. The molecule has 11 aromatic rings. The largest absolute Gasteiger partial charge is 0.309 e. The molecule has 0 N–H and O–H groups in total. The predicted octanol–water partition coefficient (Wildman–Crippen LogP) is 13.7. The van der Waals surface area contributed by atoms with Gasteiger partial charge >= 0.3 is 0 Å². The van der Waals surface area contributed by atoms with Gasteiger partial charge in [-0.2, -0.15) is 0 Å². The minimum absolute atomic E-state index is 0.710. The maximum absolute atomic E-state index is 5.30. The fourth-order valence-corrected chi connectivity index (χ4v) is 8.37. The molecule has 256 valence electrons. The lowest BCUT2D eigenvalue weighted by atomic mass is 9.91. The summed E-state index contributed by atoms with van der Waals surface area (Å²) in [7, 11) is 0. The van der Waals surface area contributed by atoms with Crippen LogP contribution in [0.2, 0.25) is 0 Å². The van der Waals surface area contributed by atoms with Crippen LogP contribution >= 0.6 is 0 Å². The van der Waals surface area contributed by atoms with E-state index in [1.54, 1.807) is 0 Å². The number of hydrogen-bond donors (Lipinski definition) is 0. The third kappa shape index (κ3) is 5.20. The van der Waals surface area contributed by atoms with Crippen molar-refractivity contribution in [2.45, 2.75) is 0 Å². The second kappa shape index (κ2) is 12.6. The summed E-state index contributed by atoms with van der Waals surface area (Å²) in [6, 6.07) is 71.5. The van der Waals surface area contributed by atoms with Crippen LogP contribution in [-0.4, -0.2) is 14.5 Å². The van der Waals surface area contributed by atoms with E-state index in [0.29, 0.717) is 5.82 Å². The average Bonchev–Trinajstić information content (AvgIpc) is 3.59. The molecule has 0 aliphatic heterocycles.